The van der Waals surface area contributed by atoms with Crippen LogP contribution in [0.1, 0.15) is 36.3 Å². The number of nitrogens with zero attached hydrogens (tertiary/aromatic N) is 1. The molecule has 4 nitrogen and oxygen atoms in total. The molecule has 1 aromatic rings. The van der Waals surface area contributed by atoms with Gasteiger partial charge in [-0.3, -0.25) is 0 Å². The summed E-state index contributed by atoms with van der Waals surface area (Å²) in [6, 6.07) is 0.634. The fraction of sp³-hybridized carbons (Fsp3) is 0.750. The van der Waals surface area contributed by atoms with E-state index in [1.54, 1.807) is 0 Å². The molecule has 0 saturated carbocycles. The van der Waals surface area contributed by atoms with E-state index in [1.165, 1.54) is 24.8 Å². The standard InChI is InChI=1S/C12H21N3O/c1-9-12(10(2)16-15-9)8-13-7-11-5-3-4-6-14-11/h11,13-14H,3-8H2,1-2H3. The molecule has 0 radical (unpaired) electrons. The molecule has 1 saturated heterocycles. The molecule has 1 atom stereocenters. The van der Waals surface area contributed by atoms with Gasteiger partial charge in [0.15, 0.2) is 0 Å². The van der Waals surface area contributed by atoms with Gasteiger partial charge in [0.2, 0.25) is 0 Å². The number of hydrogen-bond acceptors (Lipinski definition) is 4. The Balaban J connectivity index is 1.75. The Bertz CT molecular complexity index is 310. The van der Waals surface area contributed by atoms with Crippen LogP contribution in [0.4, 0.5) is 0 Å². The number of nitrogens with one attached hydrogen (secondary N) is 2. The maximum absolute atomic E-state index is 5.13. The van der Waals surface area contributed by atoms with E-state index in [2.05, 4.69) is 15.8 Å². The van der Waals surface area contributed by atoms with Crippen LogP contribution in [0.2, 0.25) is 0 Å². The van der Waals surface area contributed by atoms with Gasteiger partial charge >= 0.3 is 0 Å². The van der Waals surface area contributed by atoms with E-state index in [0.717, 1.165) is 31.1 Å². The summed E-state index contributed by atoms with van der Waals surface area (Å²) in [6.07, 6.45) is 3.96. The maximum atomic E-state index is 5.13. The molecular formula is C12H21N3O. The van der Waals surface area contributed by atoms with E-state index in [0.29, 0.717) is 6.04 Å². The number of aryl methyl sites for hydroxylation is 2. The van der Waals surface area contributed by atoms with Gasteiger partial charge in [-0.2, -0.15) is 0 Å². The van der Waals surface area contributed by atoms with Crippen molar-refractivity contribution < 1.29 is 4.52 Å². The average Bonchev–Trinajstić information content (AvgIpc) is 2.62. The van der Waals surface area contributed by atoms with Gasteiger partial charge in [-0.1, -0.05) is 11.6 Å². The topological polar surface area (TPSA) is 50.1 Å². The largest absolute Gasteiger partial charge is 0.361 e. The third-order valence-electron chi connectivity index (χ3n) is 3.29. The van der Waals surface area contributed by atoms with E-state index < -0.39 is 0 Å². The first-order valence-electron chi connectivity index (χ1n) is 6.13. The zero-order valence-corrected chi connectivity index (χ0v) is 10.2. The second kappa shape index (κ2) is 5.46. The lowest BCUT2D eigenvalue weighted by atomic mass is 10.1. The number of piperidine rings is 1. The second-order valence-corrected chi connectivity index (χ2v) is 4.58. The summed E-state index contributed by atoms with van der Waals surface area (Å²) in [5.74, 6) is 0.932. The normalized spacial score (nSPS) is 21.2. The molecule has 90 valence electrons. The zero-order valence-electron chi connectivity index (χ0n) is 10.2. The Kier molecular flexibility index (Phi) is 3.96. The van der Waals surface area contributed by atoms with E-state index >= 15 is 0 Å². The lowest BCUT2D eigenvalue weighted by molar-refractivity contribution is 0.380. The minimum Gasteiger partial charge on any atom is -0.361 e. The molecule has 4 heteroatoms. The molecule has 0 aliphatic carbocycles. The fourth-order valence-electron chi connectivity index (χ4n) is 2.22. The van der Waals surface area contributed by atoms with E-state index in [9.17, 15) is 0 Å². The predicted octanol–water partition coefficient (Wildman–Crippen LogP) is 1.52. The lowest BCUT2D eigenvalue weighted by Gasteiger charge is -2.23. The quantitative estimate of drug-likeness (QED) is 0.812. The molecule has 2 rings (SSSR count). The highest BCUT2D eigenvalue weighted by atomic mass is 16.5. The first kappa shape index (κ1) is 11.6. The third-order valence-corrected chi connectivity index (χ3v) is 3.29. The molecule has 2 N–H and O–H groups in total. The fourth-order valence-corrected chi connectivity index (χ4v) is 2.22. The Morgan fingerprint density at radius 3 is 2.94 bits per heavy atom. The van der Waals surface area contributed by atoms with Crippen molar-refractivity contribution in [3.63, 3.8) is 0 Å². The van der Waals surface area contributed by atoms with Crippen LogP contribution in [0.5, 0.6) is 0 Å². The smallest absolute Gasteiger partial charge is 0.138 e. The van der Waals surface area contributed by atoms with E-state index in [-0.39, 0.29) is 0 Å². The molecule has 1 aliphatic heterocycles. The third kappa shape index (κ3) is 2.83. The summed E-state index contributed by atoms with van der Waals surface area (Å²) in [4.78, 5) is 0. The summed E-state index contributed by atoms with van der Waals surface area (Å²) >= 11 is 0. The molecule has 0 aromatic carbocycles. The Labute approximate surface area is 96.8 Å². The molecule has 1 aromatic heterocycles. The van der Waals surface area contributed by atoms with Crippen LogP contribution in [0.25, 0.3) is 0 Å². The molecule has 0 bridgehead atoms. The Morgan fingerprint density at radius 1 is 1.44 bits per heavy atom. The maximum Gasteiger partial charge on any atom is 0.138 e. The van der Waals surface area contributed by atoms with Gasteiger partial charge < -0.3 is 15.2 Å². The van der Waals surface area contributed by atoms with Crippen molar-refractivity contribution in [2.75, 3.05) is 13.1 Å². The number of rotatable bonds is 4. The molecule has 2 heterocycles. The Morgan fingerprint density at radius 2 is 2.31 bits per heavy atom. The van der Waals surface area contributed by atoms with Crippen LogP contribution in [0.15, 0.2) is 4.52 Å². The van der Waals surface area contributed by atoms with Crippen molar-refractivity contribution in [2.24, 2.45) is 0 Å². The van der Waals surface area contributed by atoms with Gasteiger partial charge in [0.25, 0.3) is 0 Å². The molecule has 1 aliphatic rings. The Hall–Kier alpha value is -0.870. The average molecular weight is 223 g/mol. The monoisotopic (exact) mass is 223 g/mol. The van der Waals surface area contributed by atoms with Crippen LogP contribution < -0.4 is 10.6 Å². The van der Waals surface area contributed by atoms with Crippen molar-refractivity contribution in [3.8, 4) is 0 Å². The van der Waals surface area contributed by atoms with Crippen molar-refractivity contribution in [2.45, 2.75) is 45.7 Å². The summed E-state index contributed by atoms with van der Waals surface area (Å²) in [5, 5.41) is 11.0. The molecule has 0 spiro atoms. The van der Waals surface area contributed by atoms with Crippen molar-refractivity contribution in [1.82, 2.24) is 15.8 Å². The highest BCUT2D eigenvalue weighted by Crippen LogP contribution is 2.12. The van der Waals surface area contributed by atoms with Crippen LogP contribution in [0.3, 0.4) is 0 Å². The van der Waals surface area contributed by atoms with Crippen molar-refractivity contribution >= 4 is 0 Å². The molecule has 0 amide bonds. The van der Waals surface area contributed by atoms with Crippen LogP contribution >= 0.6 is 0 Å². The highest BCUT2D eigenvalue weighted by Gasteiger charge is 2.13. The first-order chi connectivity index (χ1) is 7.77. The van der Waals surface area contributed by atoms with Crippen LogP contribution in [-0.4, -0.2) is 24.3 Å². The summed E-state index contributed by atoms with van der Waals surface area (Å²) in [6.45, 7) is 7.02. The van der Waals surface area contributed by atoms with E-state index in [4.69, 9.17) is 4.52 Å². The number of aromatic nitrogens is 1. The van der Waals surface area contributed by atoms with Gasteiger partial charge in [0.05, 0.1) is 5.69 Å². The van der Waals surface area contributed by atoms with Gasteiger partial charge in [-0.05, 0) is 33.2 Å². The van der Waals surface area contributed by atoms with Crippen LogP contribution in [0, 0.1) is 13.8 Å². The van der Waals surface area contributed by atoms with E-state index in [1.807, 2.05) is 13.8 Å². The van der Waals surface area contributed by atoms with Gasteiger partial charge in [0, 0.05) is 24.7 Å². The second-order valence-electron chi connectivity index (χ2n) is 4.58. The molecular weight excluding hydrogens is 202 g/mol. The summed E-state index contributed by atoms with van der Waals surface area (Å²) < 4.78 is 5.13. The minimum absolute atomic E-state index is 0.634. The highest BCUT2D eigenvalue weighted by molar-refractivity contribution is 5.20. The SMILES string of the molecule is Cc1noc(C)c1CNCC1CCCCN1. The molecule has 16 heavy (non-hydrogen) atoms. The summed E-state index contributed by atoms with van der Waals surface area (Å²) in [7, 11) is 0. The molecule has 1 fully saturated rings. The van der Waals surface area contributed by atoms with Crippen molar-refractivity contribution in [1.29, 1.82) is 0 Å². The zero-order chi connectivity index (χ0) is 11.4. The lowest BCUT2D eigenvalue weighted by Crippen LogP contribution is -2.41. The minimum atomic E-state index is 0.634. The first-order valence-corrected chi connectivity index (χ1v) is 6.13. The van der Waals surface area contributed by atoms with Crippen molar-refractivity contribution in [3.05, 3.63) is 17.0 Å². The van der Waals surface area contributed by atoms with Gasteiger partial charge in [0.1, 0.15) is 5.76 Å². The molecule has 1 unspecified atom stereocenters. The van der Waals surface area contributed by atoms with Crippen LogP contribution in [-0.2, 0) is 6.54 Å². The van der Waals surface area contributed by atoms with Gasteiger partial charge in [-0.15, -0.1) is 0 Å². The van der Waals surface area contributed by atoms with Gasteiger partial charge in [-0.25, -0.2) is 0 Å². The predicted molar refractivity (Wildman–Crippen MR) is 63.3 cm³/mol. The summed E-state index contributed by atoms with van der Waals surface area (Å²) in [5.41, 5.74) is 2.21. The number of hydrogen-bond donors (Lipinski definition) is 2.